The Hall–Kier alpha value is -2.58. The van der Waals surface area contributed by atoms with Crippen molar-refractivity contribution in [2.45, 2.75) is 12.7 Å². The van der Waals surface area contributed by atoms with Crippen molar-refractivity contribution in [3.63, 3.8) is 0 Å². The fourth-order valence-electron chi connectivity index (χ4n) is 2.38. The van der Waals surface area contributed by atoms with Crippen molar-refractivity contribution in [3.8, 4) is 11.5 Å². The van der Waals surface area contributed by atoms with E-state index in [2.05, 4.69) is 10.0 Å². The van der Waals surface area contributed by atoms with Crippen molar-refractivity contribution in [3.05, 3.63) is 53.6 Å². The molecule has 0 bridgehead atoms. The van der Waals surface area contributed by atoms with Gasteiger partial charge in [-0.15, -0.1) is 0 Å². The molecule has 0 unspecified atom stereocenters. The number of benzene rings is 2. The summed E-state index contributed by atoms with van der Waals surface area (Å²) in [5, 5.41) is 2.68. The predicted molar refractivity (Wildman–Crippen MR) is 93.0 cm³/mol. The molecule has 2 aromatic carbocycles. The van der Waals surface area contributed by atoms with Crippen LogP contribution >= 0.6 is 0 Å². The van der Waals surface area contributed by atoms with Crippen LogP contribution in [0.15, 0.2) is 42.5 Å². The molecule has 3 rings (SSSR count). The highest BCUT2D eigenvalue weighted by atomic mass is 32.2. The van der Waals surface area contributed by atoms with E-state index >= 15 is 0 Å². The molecule has 0 spiro atoms. The molecule has 1 amide bonds. The van der Waals surface area contributed by atoms with Crippen molar-refractivity contribution >= 4 is 21.6 Å². The molecule has 0 atom stereocenters. The second kappa shape index (κ2) is 7.12. The summed E-state index contributed by atoms with van der Waals surface area (Å²) >= 11 is 0. The maximum Gasteiger partial charge on any atom is 0.239 e. The van der Waals surface area contributed by atoms with Crippen molar-refractivity contribution in [1.29, 1.82) is 0 Å². The summed E-state index contributed by atoms with van der Waals surface area (Å²) in [6.45, 7) is 1.66. The van der Waals surface area contributed by atoms with Gasteiger partial charge >= 0.3 is 0 Å². The Bertz CT molecular complexity index is 896. The van der Waals surface area contributed by atoms with E-state index in [4.69, 9.17) is 9.47 Å². The largest absolute Gasteiger partial charge is 0.454 e. The van der Waals surface area contributed by atoms with E-state index in [1.54, 1.807) is 30.3 Å². The third-order valence-electron chi connectivity index (χ3n) is 3.67. The Morgan fingerprint density at radius 2 is 1.88 bits per heavy atom. The number of carbonyl (C=O) groups is 1. The second-order valence-corrected chi connectivity index (χ2v) is 7.44. The first-order valence-corrected chi connectivity index (χ1v) is 9.29. The molecule has 1 aliphatic heterocycles. The lowest BCUT2D eigenvalue weighted by Crippen LogP contribution is -2.33. The van der Waals surface area contributed by atoms with Crippen molar-refractivity contribution in [2.24, 2.45) is 0 Å². The maximum atomic E-state index is 12.2. The average Bonchev–Trinajstić information content (AvgIpc) is 3.02. The number of carbonyl (C=O) groups excluding carboxylic acids is 1. The minimum Gasteiger partial charge on any atom is -0.454 e. The first-order valence-electron chi connectivity index (χ1n) is 7.64. The van der Waals surface area contributed by atoms with Gasteiger partial charge in [0.15, 0.2) is 11.5 Å². The zero-order chi connectivity index (χ0) is 17.9. The molecule has 0 saturated heterocycles. The van der Waals surface area contributed by atoms with Crippen molar-refractivity contribution < 1.29 is 22.7 Å². The van der Waals surface area contributed by atoms with Crippen molar-refractivity contribution in [1.82, 2.24) is 4.72 Å². The van der Waals surface area contributed by atoms with Gasteiger partial charge in [-0.2, -0.15) is 0 Å². The van der Waals surface area contributed by atoms with Crippen LogP contribution in [-0.2, 0) is 20.6 Å². The van der Waals surface area contributed by atoms with Crippen LogP contribution in [0.25, 0.3) is 0 Å². The minimum atomic E-state index is -3.66. The molecule has 132 valence electrons. The number of amides is 1. The topological polar surface area (TPSA) is 93.7 Å². The summed E-state index contributed by atoms with van der Waals surface area (Å²) in [4.78, 5) is 11.9. The lowest BCUT2D eigenvalue weighted by Gasteiger charge is -2.10. The van der Waals surface area contributed by atoms with E-state index in [-0.39, 0.29) is 19.1 Å². The molecule has 1 aliphatic rings. The van der Waals surface area contributed by atoms with Gasteiger partial charge in [-0.3, -0.25) is 4.79 Å². The fourth-order valence-corrected chi connectivity index (χ4v) is 3.46. The van der Waals surface area contributed by atoms with E-state index < -0.39 is 15.9 Å². The summed E-state index contributed by atoms with van der Waals surface area (Å²) in [6, 6.07) is 12.2. The molecule has 0 saturated carbocycles. The van der Waals surface area contributed by atoms with Gasteiger partial charge in [0.2, 0.25) is 22.7 Å². The summed E-state index contributed by atoms with van der Waals surface area (Å²) < 4.78 is 37.0. The minimum absolute atomic E-state index is 0.128. The normalized spacial score (nSPS) is 12.8. The summed E-state index contributed by atoms with van der Waals surface area (Å²) in [6.07, 6.45) is 0. The monoisotopic (exact) mass is 362 g/mol. The number of ether oxygens (including phenoxy) is 2. The van der Waals surface area contributed by atoms with E-state index in [0.29, 0.717) is 22.7 Å². The van der Waals surface area contributed by atoms with Gasteiger partial charge in [0.1, 0.15) is 0 Å². The number of aryl methyl sites for hydroxylation is 1. The molecule has 0 radical (unpaired) electrons. The van der Waals surface area contributed by atoms with Gasteiger partial charge in [0.25, 0.3) is 0 Å². The molecular formula is C17H18N2O5S. The van der Waals surface area contributed by atoms with Crippen LogP contribution in [0.1, 0.15) is 11.1 Å². The Morgan fingerprint density at radius 1 is 1.12 bits per heavy atom. The number of fused-ring (bicyclic) bond motifs is 1. The van der Waals surface area contributed by atoms with Gasteiger partial charge in [0.05, 0.1) is 12.3 Å². The van der Waals surface area contributed by atoms with Gasteiger partial charge in [0, 0.05) is 5.69 Å². The van der Waals surface area contributed by atoms with Crippen LogP contribution in [0.3, 0.4) is 0 Å². The smallest absolute Gasteiger partial charge is 0.239 e. The van der Waals surface area contributed by atoms with Crippen LogP contribution < -0.4 is 19.5 Å². The molecule has 1 heterocycles. The molecular weight excluding hydrogens is 344 g/mol. The Labute approximate surface area is 146 Å². The van der Waals surface area contributed by atoms with Crippen LogP contribution in [-0.4, -0.2) is 27.7 Å². The highest BCUT2D eigenvalue weighted by molar-refractivity contribution is 7.88. The van der Waals surface area contributed by atoms with Crippen LogP contribution in [0, 0.1) is 6.92 Å². The van der Waals surface area contributed by atoms with Crippen molar-refractivity contribution in [2.75, 3.05) is 18.7 Å². The Kier molecular flexibility index (Phi) is 4.91. The standard InChI is InChI=1S/C17H18N2O5S/c1-12-4-2-3-5-14(12)19-17(20)9-18-25(21,22)10-13-6-7-15-16(8-13)24-11-23-15/h2-8,18H,9-11H2,1H3,(H,19,20). The summed E-state index contributed by atoms with van der Waals surface area (Å²) in [7, 11) is -3.66. The van der Waals surface area contributed by atoms with Crippen LogP contribution in [0.4, 0.5) is 5.69 Å². The third-order valence-corrected chi connectivity index (χ3v) is 4.96. The highest BCUT2D eigenvalue weighted by Crippen LogP contribution is 2.32. The van der Waals surface area contributed by atoms with Gasteiger partial charge in [-0.1, -0.05) is 24.3 Å². The molecule has 2 N–H and O–H groups in total. The lowest BCUT2D eigenvalue weighted by molar-refractivity contribution is -0.115. The molecule has 0 fully saturated rings. The summed E-state index contributed by atoms with van der Waals surface area (Å²) in [5.41, 5.74) is 2.11. The number of rotatable bonds is 6. The van der Waals surface area contributed by atoms with Crippen LogP contribution in [0.2, 0.25) is 0 Å². The number of para-hydroxylation sites is 1. The van der Waals surface area contributed by atoms with Gasteiger partial charge < -0.3 is 14.8 Å². The molecule has 8 heteroatoms. The molecule has 0 aliphatic carbocycles. The molecule has 0 aromatic heterocycles. The second-order valence-electron chi connectivity index (χ2n) is 5.63. The highest BCUT2D eigenvalue weighted by Gasteiger charge is 2.18. The third kappa shape index (κ3) is 4.49. The zero-order valence-corrected chi connectivity index (χ0v) is 14.4. The first-order chi connectivity index (χ1) is 11.9. The van der Waals surface area contributed by atoms with E-state index in [9.17, 15) is 13.2 Å². The average molecular weight is 362 g/mol. The zero-order valence-electron chi connectivity index (χ0n) is 13.6. The molecule has 7 nitrogen and oxygen atoms in total. The van der Waals surface area contributed by atoms with Gasteiger partial charge in [-0.25, -0.2) is 13.1 Å². The predicted octanol–water partition coefficient (Wildman–Crippen LogP) is 1.78. The fraction of sp³-hybridized carbons (Fsp3) is 0.235. The quantitative estimate of drug-likeness (QED) is 0.817. The molecule has 2 aromatic rings. The number of hydrogen-bond acceptors (Lipinski definition) is 5. The van der Waals surface area contributed by atoms with E-state index in [1.807, 2.05) is 19.1 Å². The Morgan fingerprint density at radius 3 is 2.68 bits per heavy atom. The number of anilines is 1. The van der Waals surface area contributed by atoms with E-state index in [0.717, 1.165) is 5.56 Å². The summed E-state index contributed by atoms with van der Waals surface area (Å²) in [5.74, 6) is 0.432. The molecule has 25 heavy (non-hydrogen) atoms. The van der Waals surface area contributed by atoms with Gasteiger partial charge in [-0.05, 0) is 36.2 Å². The lowest BCUT2D eigenvalue weighted by atomic mass is 10.2. The SMILES string of the molecule is Cc1ccccc1NC(=O)CNS(=O)(=O)Cc1ccc2c(c1)OCO2. The maximum absolute atomic E-state index is 12.2. The number of nitrogens with one attached hydrogen (secondary N) is 2. The van der Waals surface area contributed by atoms with Crippen LogP contribution in [0.5, 0.6) is 11.5 Å². The van der Waals surface area contributed by atoms with E-state index in [1.165, 1.54) is 0 Å². The number of sulfonamides is 1. The first kappa shape index (κ1) is 17.2. The number of hydrogen-bond donors (Lipinski definition) is 2. The Balaban J connectivity index is 1.56.